The van der Waals surface area contributed by atoms with Crippen LogP contribution in [0.25, 0.3) is 174 Å². The van der Waals surface area contributed by atoms with E-state index in [-0.39, 0.29) is 0 Å². The van der Waals surface area contributed by atoms with Crippen LogP contribution in [-0.2, 0) is 28.2 Å². The number of aromatic nitrogens is 4. The number of hydrogen-bond acceptors (Lipinski definition) is 0. The van der Waals surface area contributed by atoms with Gasteiger partial charge >= 0.3 is 0 Å². The van der Waals surface area contributed by atoms with Crippen molar-refractivity contribution in [3.05, 3.63) is 362 Å². The Bertz CT molecular complexity index is 6690. The average molecular weight is 1580 g/mol. The highest BCUT2D eigenvalue weighted by atomic mass is 14.9. The highest BCUT2D eigenvalue weighted by Gasteiger charge is 2.20. The third-order valence-electron chi connectivity index (χ3n) is 21.9. The number of rotatable bonds is 4. The minimum absolute atomic E-state index is 1.24. The molecule has 20 aromatic rings. The first kappa shape index (κ1) is 91.1. The lowest BCUT2D eigenvalue weighted by Gasteiger charge is -2.12. The molecule has 0 aliphatic rings. The number of pyridine rings is 4. The Labute approximate surface area is 717 Å². The molecule has 4 aromatic heterocycles. The molecule has 0 bridgehead atoms. The van der Waals surface area contributed by atoms with Gasteiger partial charge in [0, 0.05) is 70.8 Å². The molecular formula is C116H128N4+4. The van der Waals surface area contributed by atoms with Gasteiger partial charge in [0.1, 0.15) is 28.2 Å². The Kier molecular flexibility index (Phi) is 33.5. The Morgan fingerprint density at radius 1 is 0.150 bits per heavy atom. The zero-order chi connectivity index (χ0) is 86.7. The van der Waals surface area contributed by atoms with Gasteiger partial charge in [0.15, 0.2) is 24.8 Å². The molecule has 120 heavy (non-hydrogen) atoms. The van der Waals surface area contributed by atoms with Crippen LogP contribution in [0.5, 0.6) is 0 Å². The Balaban J connectivity index is 0.000000172. The fraction of sp³-hybridized carbons (Fsp3) is 0.207. The van der Waals surface area contributed by atoms with Crippen LogP contribution >= 0.6 is 0 Å². The number of hydrogen-bond donors (Lipinski definition) is 0. The summed E-state index contributed by atoms with van der Waals surface area (Å²) in [5.74, 6) is 0. The van der Waals surface area contributed by atoms with Crippen LogP contribution in [0.2, 0.25) is 0 Å². The van der Waals surface area contributed by atoms with E-state index in [2.05, 4.69) is 414 Å². The van der Waals surface area contributed by atoms with Gasteiger partial charge in [0.05, 0.1) is 0 Å². The van der Waals surface area contributed by atoms with E-state index >= 15 is 0 Å². The van der Waals surface area contributed by atoms with E-state index in [0.29, 0.717) is 0 Å². The average Bonchev–Trinajstić information content (AvgIpc) is 0.757. The summed E-state index contributed by atoms with van der Waals surface area (Å²) in [6, 6.07) is 115. The summed E-state index contributed by atoms with van der Waals surface area (Å²) in [6.45, 7) is 41.0. The monoisotopic (exact) mass is 1580 g/mol. The number of nitrogens with zero attached hydrogens (tertiary/aromatic N) is 4. The summed E-state index contributed by atoms with van der Waals surface area (Å²) in [4.78, 5) is 0. The minimum Gasteiger partial charge on any atom is -0.201 e. The van der Waals surface area contributed by atoms with Crippen LogP contribution < -0.4 is 18.3 Å². The Morgan fingerprint density at radius 2 is 0.383 bits per heavy atom. The highest BCUT2D eigenvalue weighted by molar-refractivity contribution is 6.19. The summed E-state index contributed by atoms with van der Waals surface area (Å²) in [7, 11) is 8.42. The van der Waals surface area contributed by atoms with Crippen molar-refractivity contribution in [1.29, 1.82) is 0 Å². The topological polar surface area (TPSA) is 15.5 Å². The molecule has 0 N–H and O–H groups in total. The molecule has 608 valence electrons. The van der Waals surface area contributed by atoms with Gasteiger partial charge in [-0.3, -0.25) is 0 Å². The summed E-state index contributed by atoms with van der Waals surface area (Å²) in [5, 5.41) is 31.5. The zero-order valence-corrected chi connectivity index (χ0v) is 76.1. The fourth-order valence-electron chi connectivity index (χ4n) is 16.3. The molecule has 0 amide bonds. The van der Waals surface area contributed by atoms with E-state index in [0.717, 1.165) is 0 Å². The van der Waals surface area contributed by atoms with Gasteiger partial charge in [-0.2, -0.15) is 0 Å². The van der Waals surface area contributed by atoms with Crippen molar-refractivity contribution >= 4 is 129 Å². The lowest BCUT2D eigenvalue weighted by molar-refractivity contribution is -0.660. The second-order valence-electron chi connectivity index (χ2n) is 28.1. The second kappa shape index (κ2) is 44.2. The molecule has 4 nitrogen and oxygen atoms in total. The van der Waals surface area contributed by atoms with Crippen molar-refractivity contribution < 1.29 is 18.3 Å². The first-order valence-electron chi connectivity index (χ1n) is 44.1. The van der Waals surface area contributed by atoms with Crippen LogP contribution in [0.15, 0.2) is 340 Å². The Hall–Kier alpha value is -12.8. The lowest BCUT2D eigenvalue weighted by atomic mass is 9.91. The van der Waals surface area contributed by atoms with E-state index in [4.69, 9.17) is 0 Å². The number of aryl methyl sites for hydroxylation is 8. The molecule has 20 rings (SSSR count). The number of fused-ring (bicyclic) bond motifs is 16. The largest absolute Gasteiger partial charge is 0.212 e. The van der Waals surface area contributed by atoms with Crippen molar-refractivity contribution in [2.45, 2.75) is 138 Å². The van der Waals surface area contributed by atoms with Crippen LogP contribution in [0.1, 0.15) is 133 Å². The predicted molar refractivity (Wildman–Crippen MR) is 532 cm³/mol. The van der Waals surface area contributed by atoms with E-state index in [9.17, 15) is 0 Å². The maximum absolute atomic E-state index is 2.37. The van der Waals surface area contributed by atoms with Crippen molar-refractivity contribution in [2.75, 3.05) is 0 Å². The normalized spacial score (nSPS) is 10.3. The van der Waals surface area contributed by atoms with Gasteiger partial charge in [-0.05, 0) is 276 Å². The molecule has 0 radical (unpaired) electrons. The molecule has 0 spiro atoms. The summed E-state index contributed by atoms with van der Waals surface area (Å²) in [6.07, 6.45) is 8.42. The Morgan fingerprint density at radius 3 is 0.783 bits per heavy atom. The molecule has 4 heterocycles. The molecule has 16 aromatic carbocycles. The zero-order valence-electron chi connectivity index (χ0n) is 76.1. The fourth-order valence-corrected chi connectivity index (χ4v) is 16.3. The van der Waals surface area contributed by atoms with Crippen molar-refractivity contribution in [3.8, 4) is 45.0 Å². The standard InChI is InChI=1S/4C25H20N.8C2H6/c1-17-20(24-9-5-6-16-26(24)2)13-11-19-12-14-22-21-8-4-3-7-18(21)10-15-23(22)25(17)19;1-17-21(25-9-5-6-14-26(25)2)13-12-19-16-24-20(15-23(17)19)11-10-18-7-3-4-8-22(18)24;1-17-21(25-9-5-6-14-26(25)2)13-12-19-15-20-11-10-18-7-3-4-8-22(18)24(20)16-23(17)19;1-17-23(25-9-5-6-12-26(25)2)11-10-20-15-21-13-18-7-3-4-8-19(18)14-22(21)16-24(17)20;8*1-2/h4*3-16H,1-2H3;8*1-2H3/q4*+1;;;;;;;;. The molecule has 0 saturated carbocycles. The van der Waals surface area contributed by atoms with Crippen LogP contribution in [0.4, 0.5) is 0 Å². The van der Waals surface area contributed by atoms with Gasteiger partial charge in [0.2, 0.25) is 22.8 Å². The van der Waals surface area contributed by atoms with E-state index in [1.807, 2.05) is 111 Å². The molecule has 0 atom stereocenters. The smallest absolute Gasteiger partial charge is 0.201 e. The van der Waals surface area contributed by atoms with E-state index in [1.54, 1.807) is 0 Å². The van der Waals surface area contributed by atoms with Crippen molar-refractivity contribution in [2.24, 2.45) is 28.2 Å². The van der Waals surface area contributed by atoms with Gasteiger partial charge in [-0.25, -0.2) is 18.3 Å². The molecule has 4 heteroatoms. The number of benzene rings is 16. The van der Waals surface area contributed by atoms with Crippen molar-refractivity contribution in [1.82, 2.24) is 0 Å². The van der Waals surface area contributed by atoms with Gasteiger partial charge < -0.3 is 0 Å². The first-order valence-corrected chi connectivity index (χ1v) is 44.1. The first-order chi connectivity index (χ1) is 58.9. The predicted octanol–water partition coefficient (Wildman–Crippen LogP) is 32.0. The van der Waals surface area contributed by atoms with Gasteiger partial charge in [-0.1, -0.05) is 281 Å². The molecule has 0 fully saturated rings. The molecule has 0 saturated heterocycles. The van der Waals surface area contributed by atoms with E-state index < -0.39 is 0 Å². The van der Waals surface area contributed by atoms with Crippen molar-refractivity contribution in [3.63, 3.8) is 0 Å². The minimum atomic E-state index is 1.24. The maximum atomic E-state index is 2.37. The van der Waals surface area contributed by atoms with Crippen LogP contribution in [-0.4, -0.2) is 0 Å². The summed E-state index contributed by atoms with van der Waals surface area (Å²) >= 11 is 0. The highest BCUT2D eigenvalue weighted by Crippen LogP contribution is 2.40. The van der Waals surface area contributed by atoms with Crippen LogP contribution in [0, 0.1) is 27.7 Å². The second-order valence-corrected chi connectivity index (χ2v) is 28.1. The van der Waals surface area contributed by atoms with Gasteiger partial charge in [-0.15, -0.1) is 0 Å². The summed E-state index contributed by atoms with van der Waals surface area (Å²) in [5.41, 5.74) is 15.5. The van der Waals surface area contributed by atoms with Gasteiger partial charge in [0.25, 0.3) is 0 Å². The quantitative estimate of drug-likeness (QED) is 0.0948. The molecule has 0 aliphatic heterocycles. The summed E-state index contributed by atoms with van der Waals surface area (Å²) < 4.78 is 8.74. The van der Waals surface area contributed by atoms with Crippen LogP contribution in [0.3, 0.4) is 0 Å². The molecule has 0 aliphatic carbocycles. The SMILES string of the molecule is CC.CC.CC.CC.CC.CC.CC.CC.Cc1c(-c2cccc[n+]2C)ccc2cc3c(ccc4ccccc43)cc12.Cc1c(-c2cccc[n+]2C)ccc2cc3cc4ccccc4cc3cc12.Cc1c(-c2cccc[n+]2C)ccc2cc3ccc4ccccc4c3cc12.Cc1c(-c2cccc[n+]2C)ccc2ccc3c4ccccc4ccc3c12. The maximum Gasteiger partial charge on any atom is 0.212 e. The third-order valence-corrected chi connectivity index (χ3v) is 21.9. The molecule has 0 unspecified atom stereocenters. The lowest BCUT2D eigenvalue weighted by Crippen LogP contribution is -2.30. The molecular weight excluding hydrogens is 1450 g/mol. The third kappa shape index (κ3) is 19.3. The van der Waals surface area contributed by atoms with E-state index in [1.165, 1.54) is 197 Å².